The number of aromatic nitrogens is 2. The standard InChI is InChI=1S/C18H23ClN4O3S/c1-12(2)23-17(11-13(3)21-23)20-18(24)16-5-4-10-22(16)27(25,26)15-8-6-14(19)7-9-15/h6-9,11-12,16H,4-5,10H2,1-3H3,(H,20,24)/t16-/m0/s1. The van der Waals surface area contributed by atoms with Gasteiger partial charge in [0.15, 0.2) is 0 Å². The average Bonchev–Trinajstić information content (AvgIpc) is 3.22. The molecule has 2 aromatic rings. The Morgan fingerprint density at radius 1 is 1.30 bits per heavy atom. The number of hydrogen-bond acceptors (Lipinski definition) is 4. The molecular formula is C18H23ClN4O3S. The van der Waals surface area contributed by atoms with Crippen LogP contribution in [-0.2, 0) is 14.8 Å². The molecule has 1 N–H and O–H groups in total. The summed E-state index contributed by atoms with van der Waals surface area (Å²) in [6, 6.07) is 7.09. The smallest absolute Gasteiger partial charge is 0.243 e. The highest BCUT2D eigenvalue weighted by Crippen LogP contribution is 2.28. The Bertz CT molecular complexity index is 938. The Balaban J connectivity index is 1.84. The molecule has 2 heterocycles. The van der Waals surface area contributed by atoms with Gasteiger partial charge in [-0.05, 0) is 57.9 Å². The normalized spacial score (nSPS) is 18.2. The van der Waals surface area contributed by atoms with Gasteiger partial charge in [-0.2, -0.15) is 9.40 Å². The van der Waals surface area contributed by atoms with Gasteiger partial charge in [-0.1, -0.05) is 11.6 Å². The molecule has 7 nitrogen and oxygen atoms in total. The van der Waals surface area contributed by atoms with Crippen LogP contribution in [0, 0.1) is 6.92 Å². The zero-order valence-corrected chi connectivity index (χ0v) is 17.1. The number of anilines is 1. The fraction of sp³-hybridized carbons (Fsp3) is 0.444. The van der Waals surface area contributed by atoms with E-state index in [1.54, 1.807) is 10.7 Å². The fourth-order valence-electron chi connectivity index (χ4n) is 3.25. The monoisotopic (exact) mass is 410 g/mol. The minimum atomic E-state index is -3.77. The Labute approximate surface area is 164 Å². The fourth-order valence-corrected chi connectivity index (χ4v) is 5.03. The molecule has 3 rings (SSSR count). The number of carbonyl (C=O) groups is 1. The highest BCUT2D eigenvalue weighted by atomic mass is 35.5. The van der Waals surface area contributed by atoms with Crippen LogP contribution in [-0.4, -0.2) is 41.0 Å². The maximum absolute atomic E-state index is 13.0. The van der Waals surface area contributed by atoms with E-state index < -0.39 is 16.1 Å². The third-order valence-electron chi connectivity index (χ3n) is 4.52. The third-order valence-corrected chi connectivity index (χ3v) is 6.70. The lowest BCUT2D eigenvalue weighted by Gasteiger charge is -2.23. The molecule has 9 heteroatoms. The van der Waals surface area contributed by atoms with Crippen molar-refractivity contribution in [2.24, 2.45) is 0 Å². The highest BCUT2D eigenvalue weighted by Gasteiger charge is 2.39. The van der Waals surface area contributed by atoms with Gasteiger partial charge in [0.05, 0.1) is 10.6 Å². The van der Waals surface area contributed by atoms with E-state index in [-0.39, 0.29) is 16.8 Å². The summed E-state index contributed by atoms with van der Waals surface area (Å²) in [5, 5.41) is 7.68. The molecule has 0 radical (unpaired) electrons. The molecule has 1 atom stereocenters. The summed E-state index contributed by atoms with van der Waals surface area (Å²) in [5.41, 5.74) is 0.788. The Hall–Kier alpha value is -1.90. The predicted octanol–water partition coefficient (Wildman–Crippen LogP) is 3.22. The second kappa shape index (κ2) is 7.61. The molecule has 1 saturated heterocycles. The first kappa shape index (κ1) is 19.9. The van der Waals surface area contributed by atoms with Crippen LogP contribution in [0.2, 0.25) is 5.02 Å². The van der Waals surface area contributed by atoms with Crippen molar-refractivity contribution in [3.05, 3.63) is 41.0 Å². The summed E-state index contributed by atoms with van der Waals surface area (Å²) in [5.74, 6) is 0.232. The number of nitrogens with one attached hydrogen (secondary N) is 1. The van der Waals surface area contributed by atoms with Gasteiger partial charge in [0.25, 0.3) is 0 Å². The van der Waals surface area contributed by atoms with Crippen molar-refractivity contribution in [2.45, 2.75) is 50.6 Å². The maximum Gasteiger partial charge on any atom is 0.243 e. The van der Waals surface area contributed by atoms with Crippen molar-refractivity contribution in [2.75, 3.05) is 11.9 Å². The molecule has 1 aromatic carbocycles. The van der Waals surface area contributed by atoms with Gasteiger partial charge >= 0.3 is 0 Å². The Morgan fingerprint density at radius 2 is 1.96 bits per heavy atom. The third kappa shape index (κ3) is 4.02. The van der Waals surface area contributed by atoms with Crippen molar-refractivity contribution in [3.63, 3.8) is 0 Å². The number of sulfonamides is 1. The van der Waals surface area contributed by atoms with Gasteiger partial charge in [0.2, 0.25) is 15.9 Å². The summed E-state index contributed by atoms with van der Waals surface area (Å²) in [6.45, 7) is 6.09. The zero-order chi connectivity index (χ0) is 19.8. The zero-order valence-electron chi connectivity index (χ0n) is 15.5. The van der Waals surface area contributed by atoms with Gasteiger partial charge in [0, 0.05) is 23.7 Å². The second-order valence-electron chi connectivity index (χ2n) is 6.93. The molecule has 1 aromatic heterocycles. The molecular weight excluding hydrogens is 388 g/mol. The minimum absolute atomic E-state index is 0.0754. The van der Waals surface area contributed by atoms with Crippen molar-refractivity contribution >= 4 is 33.3 Å². The van der Waals surface area contributed by atoms with Crippen LogP contribution in [0.15, 0.2) is 35.2 Å². The second-order valence-corrected chi connectivity index (χ2v) is 9.25. The van der Waals surface area contributed by atoms with E-state index in [9.17, 15) is 13.2 Å². The highest BCUT2D eigenvalue weighted by molar-refractivity contribution is 7.89. The molecule has 1 fully saturated rings. The number of benzene rings is 1. The van der Waals surface area contributed by atoms with Crippen LogP contribution >= 0.6 is 11.6 Å². The van der Waals surface area contributed by atoms with Crippen molar-refractivity contribution < 1.29 is 13.2 Å². The van der Waals surface area contributed by atoms with Crippen molar-refractivity contribution in [1.29, 1.82) is 0 Å². The summed E-state index contributed by atoms with van der Waals surface area (Å²) >= 11 is 5.85. The number of aryl methyl sites for hydroxylation is 1. The van der Waals surface area contributed by atoms with E-state index in [4.69, 9.17) is 11.6 Å². The van der Waals surface area contributed by atoms with Gasteiger partial charge in [0.1, 0.15) is 11.9 Å². The van der Waals surface area contributed by atoms with Crippen LogP contribution < -0.4 is 5.32 Å². The van der Waals surface area contributed by atoms with E-state index in [0.717, 1.165) is 5.69 Å². The maximum atomic E-state index is 13.0. The summed E-state index contributed by atoms with van der Waals surface area (Å²) in [7, 11) is -3.77. The molecule has 0 aliphatic carbocycles. The molecule has 146 valence electrons. The molecule has 1 aliphatic heterocycles. The number of carbonyl (C=O) groups excluding carboxylic acids is 1. The lowest BCUT2D eigenvalue weighted by Crippen LogP contribution is -2.43. The van der Waals surface area contributed by atoms with E-state index in [0.29, 0.717) is 30.2 Å². The average molecular weight is 411 g/mol. The molecule has 0 bridgehead atoms. The molecule has 27 heavy (non-hydrogen) atoms. The van der Waals surface area contributed by atoms with Gasteiger partial charge < -0.3 is 5.32 Å². The van der Waals surface area contributed by atoms with E-state index in [2.05, 4.69) is 10.4 Å². The molecule has 0 unspecified atom stereocenters. The van der Waals surface area contributed by atoms with Crippen LogP contribution in [0.5, 0.6) is 0 Å². The van der Waals surface area contributed by atoms with Crippen molar-refractivity contribution in [1.82, 2.24) is 14.1 Å². The Kier molecular flexibility index (Phi) is 5.60. The lowest BCUT2D eigenvalue weighted by molar-refractivity contribution is -0.119. The summed E-state index contributed by atoms with van der Waals surface area (Å²) in [6.07, 6.45) is 1.11. The largest absolute Gasteiger partial charge is 0.309 e. The summed E-state index contributed by atoms with van der Waals surface area (Å²) in [4.78, 5) is 13.0. The number of halogens is 1. The van der Waals surface area contributed by atoms with E-state index in [1.165, 1.54) is 28.6 Å². The van der Waals surface area contributed by atoms with Crippen LogP contribution in [0.4, 0.5) is 5.82 Å². The molecule has 0 saturated carbocycles. The molecule has 1 amide bonds. The van der Waals surface area contributed by atoms with Gasteiger partial charge in [-0.25, -0.2) is 13.1 Å². The van der Waals surface area contributed by atoms with Gasteiger partial charge in [-0.3, -0.25) is 4.79 Å². The van der Waals surface area contributed by atoms with Crippen LogP contribution in [0.3, 0.4) is 0 Å². The number of amides is 1. The van der Waals surface area contributed by atoms with Crippen molar-refractivity contribution in [3.8, 4) is 0 Å². The number of nitrogens with zero attached hydrogens (tertiary/aromatic N) is 3. The van der Waals surface area contributed by atoms with E-state index in [1.807, 2.05) is 20.8 Å². The quantitative estimate of drug-likeness (QED) is 0.820. The molecule has 1 aliphatic rings. The summed E-state index contributed by atoms with van der Waals surface area (Å²) < 4.78 is 29.0. The van der Waals surface area contributed by atoms with Crippen LogP contribution in [0.25, 0.3) is 0 Å². The first-order chi connectivity index (χ1) is 12.7. The Morgan fingerprint density at radius 3 is 2.59 bits per heavy atom. The molecule has 0 spiro atoms. The van der Waals surface area contributed by atoms with Gasteiger partial charge in [-0.15, -0.1) is 0 Å². The predicted molar refractivity (Wildman–Crippen MR) is 104 cm³/mol. The first-order valence-corrected chi connectivity index (χ1v) is 10.7. The SMILES string of the molecule is Cc1cc(NC(=O)[C@@H]2CCCN2S(=O)(=O)c2ccc(Cl)cc2)n(C(C)C)n1. The topological polar surface area (TPSA) is 84.3 Å². The minimum Gasteiger partial charge on any atom is -0.309 e. The van der Waals surface area contributed by atoms with Crippen LogP contribution in [0.1, 0.15) is 38.4 Å². The lowest BCUT2D eigenvalue weighted by atomic mass is 10.2. The number of rotatable bonds is 5. The van der Waals surface area contributed by atoms with E-state index >= 15 is 0 Å². The number of hydrogen-bond donors (Lipinski definition) is 1. The first-order valence-electron chi connectivity index (χ1n) is 8.84.